The van der Waals surface area contributed by atoms with Gasteiger partial charge in [-0.05, 0) is 63.9 Å². The molecule has 174 valence electrons. The first kappa shape index (κ1) is 24.5. The fraction of sp³-hybridized carbons (Fsp3) is 0.360. The Morgan fingerprint density at radius 1 is 1.12 bits per heavy atom. The van der Waals surface area contributed by atoms with Crippen molar-refractivity contribution in [1.82, 2.24) is 19.8 Å². The molecule has 0 spiro atoms. The maximum absolute atomic E-state index is 13.5. The molecule has 2 amide bonds. The van der Waals surface area contributed by atoms with Gasteiger partial charge in [0.1, 0.15) is 0 Å². The van der Waals surface area contributed by atoms with Crippen molar-refractivity contribution in [3.8, 4) is 5.69 Å². The Kier molecular flexibility index (Phi) is 7.92. The Balaban J connectivity index is 1.95. The SMILES string of the molecule is CCN(CC(=O)NC(C)C)C(=O)CSc1nc2ccccc2c(=O)n1-c1cccc(C)c1C. The van der Waals surface area contributed by atoms with Crippen molar-refractivity contribution < 1.29 is 9.59 Å². The number of fused-ring (bicyclic) bond motifs is 1. The number of nitrogens with zero attached hydrogens (tertiary/aromatic N) is 3. The Bertz CT molecular complexity index is 1240. The molecule has 0 bridgehead atoms. The second-order valence-electron chi connectivity index (χ2n) is 8.19. The summed E-state index contributed by atoms with van der Waals surface area (Å²) in [6, 6.07) is 13.0. The molecule has 0 unspecified atom stereocenters. The number of thioether (sulfide) groups is 1. The number of aromatic nitrogens is 2. The van der Waals surface area contributed by atoms with Gasteiger partial charge >= 0.3 is 0 Å². The molecule has 1 aromatic heterocycles. The van der Waals surface area contributed by atoms with Crippen molar-refractivity contribution in [2.75, 3.05) is 18.8 Å². The van der Waals surface area contributed by atoms with Crippen molar-refractivity contribution in [3.05, 3.63) is 63.9 Å². The van der Waals surface area contributed by atoms with E-state index in [0.717, 1.165) is 16.8 Å². The van der Waals surface area contributed by atoms with Gasteiger partial charge in [0, 0.05) is 12.6 Å². The minimum absolute atomic E-state index is 0.00299. The van der Waals surface area contributed by atoms with E-state index in [1.807, 2.05) is 65.0 Å². The number of benzene rings is 2. The standard InChI is InChI=1S/C25H30N4O3S/c1-6-28(14-22(30)26-16(2)3)23(31)15-33-25-27-20-12-8-7-11-19(20)24(32)29(25)21-13-9-10-17(4)18(21)5/h7-13,16H,6,14-15H2,1-5H3,(H,26,30). The molecule has 1 N–H and O–H groups in total. The number of hydrogen-bond donors (Lipinski definition) is 1. The number of nitrogens with one attached hydrogen (secondary N) is 1. The van der Waals surface area contributed by atoms with Crippen LogP contribution in [0.15, 0.2) is 52.4 Å². The van der Waals surface area contributed by atoms with Gasteiger partial charge in [-0.2, -0.15) is 0 Å². The summed E-state index contributed by atoms with van der Waals surface area (Å²) < 4.78 is 1.59. The van der Waals surface area contributed by atoms with Crippen LogP contribution in [-0.4, -0.2) is 51.1 Å². The van der Waals surface area contributed by atoms with E-state index < -0.39 is 0 Å². The van der Waals surface area contributed by atoms with Crippen molar-refractivity contribution >= 4 is 34.5 Å². The van der Waals surface area contributed by atoms with Crippen LogP contribution in [0.1, 0.15) is 31.9 Å². The number of aryl methyl sites for hydroxylation is 1. The molecular formula is C25H30N4O3S. The largest absolute Gasteiger partial charge is 0.352 e. The minimum Gasteiger partial charge on any atom is -0.352 e. The quantitative estimate of drug-likeness (QED) is 0.406. The third-order valence-corrected chi connectivity index (χ3v) is 6.33. The molecule has 0 saturated heterocycles. The van der Waals surface area contributed by atoms with Crippen LogP contribution in [0.3, 0.4) is 0 Å². The molecule has 3 rings (SSSR count). The van der Waals surface area contributed by atoms with Gasteiger partial charge in [0.15, 0.2) is 5.16 Å². The molecular weight excluding hydrogens is 436 g/mol. The topological polar surface area (TPSA) is 84.3 Å². The fourth-order valence-electron chi connectivity index (χ4n) is 3.53. The van der Waals surface area contributed by atoms with Crippen LogP contribution in [0.4, 0.5) is 0 Å². The van der Waals surface area contributed by atoms with Crippen molar-refractivity contribution in [1.29, 1.82) is 0 Å². The molecule has 0 radical (unpaired) electrons. The average molecular weight is 467 g/mol. The zero-order valence-corrected chi connectivity index (χ0v) is 20.5. The summed E-state index contributed by atoms with van der Waals surface area (Å²) in [6.07, 6.45) is 0. The molecule has 0 aliphatic rings. The zero-order chi connectivity index (χ0) is 24.1. The lowest BCUT2D eigenvalue weighted by atomic mass is 10.1. The Morgan fingerprint density at radius 3 is 2.55 bits per heavy atom. The van der Waals surface area contributed by atoms with Crippen LogP contribution in [0.2, 0.25) is 0 Å². The molecule has 0 atom stereocenters. The van der Waals surface area contributed by atoms with Crippen LogP contribution in [0.5, 0.6) is 0 Å². The van der Waals surface area contributed by atoms with Gasteiger partial charge in [-0.15, -0.1) is 0 Å². The summed E-state index contributed by atoms with van der Waals surface area (Å²) >= 11 is 1.21. The number of hydrogen-bond acceptors (Lipinski definition) is 5. The summed E-state index contributed by atoms with van der Waals surface area (Å²) in [5.74, 6) is -0.309. The molecule has 0 aliphatic heterocycles. The maximum Gasteiger partial charge on any atom is 0.266 e. The van der Waals surface area contributed by atoms with E-state index in [9.17, 15) is 14.4 Å². The third kappa shape index (κ3) is 5.63. The number of para-hydroxylation sites is 1. The summed E-state index contributed by atoms with van der Waals surface area (Å²) in [5.41, 5.74) is 3.20. The molecule has 8 heteroatoms. The summed E-state index contributed by atoms with van der Waals surface area (Å²) in [5, 5.41) is 3.78. The van der Waals surface area contributed by atoms with Gasteiger partial charge in [0.25, 0.3) is 5.56 Å². The first-order valence-electron chi connectivity index (χ1n) is 11.0. The predicted octanol–water partition coefficient (Wildman–Crippen LogP) is 3.47. The van der Waals surface area contributed by atoms with Gasteiger partial charge in [0.2, 0.25) is 11.8 Å². The van der Waals surface area contributed by atoms with Crippen LogP contribution in [0, 0.1) is 13.8 Å². The highest BCUT2D eigenvalue weighted by atomic mass is 32.2. The maximum atomic E-state index is 13.5. The molecule has 7 nitrogen and oxygen atoms in total. The summed E-state index contributed by atoms with van der Waals surface area (Å²) in [4.78, 5) is 44.7. The zero-order valence-electron chi connectivity index (χ0n) is 19.7. The first-order valence-corrected chi connectivity index (χ1v) is 12.0. The average Bonchev–Trinajstić information content (AvgIpc) is 2.78. The van der Waals surface area contributed by atoms with Crippen molar-refractivity contribution in [3.63, 3.8) is 0 Å². The van der Waals surface area contributed by atoms with Crippen molar-refractivity contribution in [2.24, 2.45) is 0 Å². The van der Waals surface area contributed by atoms with Crippen LogP contribution < -0.4 is 10.9 Å². The van der Waals surface area contributed by atoms with E-state index in [4.69, 9.17) is 4.98 Å². The number of rotatable bonds is 8. The number of carbonyl (C=O) groups excluding carboxylic acids is 2. The molecule has 0 aliphatic carbocycles. The van der Waals surface area contributed by atoms with Crippen LogP contribution in [0.25, 0.3) is 16.6 Å². The van der Waals surface area contributed by atoms with Crippen LogP contribution >= 0.6 is 11.8 Å². The summed E-state index contributed by atoms with van der Waals surface area (Å²) in [6.45, 7) is 9.98. The minimum atomic E-state index is -0.193. The molecule has 2 aromatic carbocycles. The highest BCUT2D eigenvalue weighted by Gasteiger charge is 2.20. The van der Waals surface area contributed by atoms with Gasteiger partial charge in [-0.25, -0.2) is 4.98 Å². The van der Waals surface area contributed by atoms with Gasteiger partial charge in [0.05, 0.1) is 28.9 Å². The smallest absolute Gasteiger partial charge is 0.266 e. The summed E-state index contributed by atoms with van der Waals surface area (Å²) in [7, 11) is 0. The monoisotopic (exact) mass is 466 g/mol. The number of carbonyl (C=O) groups is 2. The van der Waals surface area contributed by atoms with Gasteiger partial charge < -0.3 is 10.2 Å². The normalized spacial score (nSPS) is 11.1. The van der Waals surface area contributed by atoms with Gasteiger partial charge in [-0.1, -0.05) is 36.0 Å². The molecule has 1 heterocycles. The molecule has 0 saturated carbocycles. The first-order chi connectivity index (χ1) is 15.7. The fourth-order valence-corrected chi connectivity index (χ4v) is 4.44. The van der Waals surface area contributed by atoms with E-state index in [-0.39, 0.29) is 35.7 Å². The lowest BCUT2D eigenvalue weighted by Crippen LogP contribution is -2.43. The molecule has 0 fully saturated rings. The van der Waals surface area contributed by atoms with E-state index in [2.05, 4.69) is 5.32 Å². The highest BCUT2D eigenvalue weighted by Crippen LogP contribution is 2.24. The lowest BCUT2D eigenvalue weighted by molar-refractivity contribution is -0.134. The third-order valence-electron chi connectivity index (χ3n) is 5.41. The molecule has 3 aromatic rings. The van der Waals surface area contributed by atoms with E-state index in [1.54, 1.807) is 16.7 Å². The second kappa shape index (κ2) is 10.7. The van der Waals surface area contributed by atoms with E-state index >= 15 is 0 Å². The highest BCUT2D eigenvalue weighted by molar-refractivity contribution is 7.99. The second-order valence-corrected chi connectivity index (χ2v) is 9.13. The molecule has 33 heavy (non-hydrogen) atoms. The van der Waals surface area contributed by atoms with E-state index in [0.29, 0.717) is 22.6 Å². The van der Waals surface area contributed by atoms with Gasteiger partial charge in [-0.3, -0.25) is 19.0 Å². The predicted molar refractivity (Wildman–Crippen MR) is 133 cm³/mol. The van der Waals surface area contributed by atoms with Crippen LogP contribution in [-0.2, 0) is 9.59 Å². The Hall–Kier alpha value is -3.13. The Labute approximate surface area is 198 Å². The van der Waals surface area contributed by atoms with Crippen molar-refractivity contribution in [2.45, 2.75) is 45.8 Å². The number of amides is 2. The van der Waals surface area contributed by atoms with E-state index in [1.165, 1.54) is 16.7 Å². The number of likely N-dealkylation sites (N-methyl/N-ethyl adjacent to an activating group) is 1. The Morgan fingerprint density at radius 2 is 1.85 bits per heavy atom. The lowest BCUT2D eigenvalue weighted by Gasteiger charge is -2.21.